The zero-order valence-electron chi connectivity index (χ0n) is 14.3. The van der Waals surface area contributed by atoms with Crippen LogP contribution in [0, 0.1) is 11.7 Å². The minimum atomic E-state index is -0.363. The van der Waals surface area contributed by atoms with Crippen LogP contribution in [0.2, 0.25) is 5.02 Å². The minimum absolute atomic E-state index is 0.0871. The molecule has 0 spiro atoms. The topological polar surface area (TPSA) is 41.6 Å². The van der Waals surface area contributed by atoms with Crippen molar-refractivity contribution in [1.29, 1.82) is 0 Å². The Bertz CT molecular complexity index is 793. The fourth-order valence-corrected chi connectivity index (χ4v) is 4.02. The summed E-state index contributed by atoms with van der Waals surface area (Å²) in [7, 11) is 0. The molecule has 0 aromatic heterocycles. The Hall–Kier alpha value is -2.11. The van der Waals surface area contributed by atoms with Gasteiger partial charge >= 0.3 is 0 Å². The number of likely N-dealkylation sites (tertiary alicyclic amines) is 1. The molecule has 2 fully saturated rings. The van der Waals surface area contributed by atoms with E-state index >= 15 is 0 Å². The molecule has 0 unspecified atom stereocenters. The first-order chi connectivity index (χ1) is 12.6. The molecule has 2 aliphatic rings. The third kappa shape index (κ3) is 3.55. The second kappa shape index (κ2) is 7.25. The SMILES string of the molecule is O=C1C[C@H]2CN(Cc3ccccc3OCc3c(F)cccc3Cl)C[C@H]2N1. The van der Waals surface area contributed by atoms with Gasteiger partial charge < -0.3 is 10.1 Å². The number of amides is 1. The van der Waals surface area contributed by atoms with Crippen molar-refractivity contribution in [3.8, 4) is 5.75 Å². The number of hydrogen-bond acceptors (Lipinski definition) is 3. The molecule has 1 N–H and O–H groups in total. The van der Waals surface area contributed by atoms with E-state index in [0.29, 0.717) is 22.9 Å². The van der Waals surface area contributed by atoms with Crippen molar-refractivity contribution in [2.45, 2.75) is 25.6 Å². The number of halogens is 2. The summed E-state index contributed by atoms with van der Waals surface area (Å²) in [6, 6.07) is 12.7. The van der Waals surface area contributed by atoms with Crippen molar-refractivity contribution in [2.75, 3.05) is 13.1 Å². The van der Waals surface area contributed by atoms with Crippen LogP contribution in [-0.4, -0.2) is 29.9 Å². The normalized spacial score (nSPS) is 22.3. The molecule has 2 saturated heterocycles. The summed E-state index contributed by atoms with van der Waals surface area (Å²) in [4.78, 5) is 13.8. The Morgan fingerprint density at radius 3 is 2.85 bits per heavy atom. The minimum Gasteiger partial charge on any atom is -0.488 e. The first kappa shape index (κ1) is 17.3. The van der Waals surface area contributed by atoms with Gasteiger partial charge in [0.05, 0.1) is 5.02 Å². The number of nitrogens with zero attached hydrogens (tertiary/aromatic N) is 1. The van der Waals surface area contributed by atoms with Crippen LogP contribution in [0.1, 0.15) is 17.5 Å². The number of ether oxygens (including phenoxy) is 1. The van der Waals surface area contributed by atoms with Crippen molar-refractivity contribution < 1.29 is 13.9 Å². The highest BCUT2D eigenvalue weighted by Gasteiger charge is 2.39. The maximum atomic E-state index is 13.9. The van der Waals surface area contributed by atoms with E-state index in [4.69, 9.17) is 16.3 Å². The number of hydrogen-bond donors (Lipinski definition) is 1. The van der Waals surface area contributed by atoms with Gasteiger partial charge in [0.15, 0.2) is 0 Å². The Morgan fingerprint density at radius 2 is 2.04 bits per heavy atom. The second-order valence-electron chi connectivity index (χ2n) is 6.93. The fourth-order valence-electron chi connectivity index (χ4n) is 3.80. The Kier molecular flexibility index (Phi) is 4.83. The van der Waals surface area contributed by atoms with Crippen molar-refractivity contribution in [1.82, 2.24) is 10.2 Å². The molecular weight excluding hydrogens is 355 g/mol. The van der Waals surface area contributed by atoms with Gasteiger partial charge in [-0.15, -0.1) is 0 Å². The van der Waals surface area contributed by atoms with E-state index in [-0.39, 0.29) is 24.4 Å². The number of benzene rings is 2. The molecule has 4 rings (SSSR count). The smallest absolute Gasteiger partial charge is 0.220 e. The van der Waals surface area contributed by atoms with E-state index in [2.05, 4.69) is 10.2 Å². The number of nitrogens with one attached hydrogen (secondary N) is 1. The zero-order valence-corrected chi connectivity index (χ0v) is 15.0. The largest absolute Gasteiger partial charge is 0.488 e. The molecule has 0 aliphatic carbocycles. The summed E-state index contributed by atoms with van der Waals surface area (Å²) in [5.41, 5.74) is 1.41. The predicted octanol–water partition coefficient (Wildman–Crippen LogP) is 3.38. The highest BCUT2D eigenvalue weighted by Crippen LogP contribution is 2.29. The molecule has 0 radical (unpaired) electrons. The number of carbonyl (C=O) groups is 1. The second-order valence-corrected chi connectivity index (χ2v) is 7.34. The lowest BCUT2D eigenvalue weighted by Gasteiger charge is -2.19. The summed E-state index contributed by atoms with van der Waals surface area (Å²) < 4.78 is 19.8. The van der Waals surface area contributed by atoms with Gasteiger partial charge in [-0.05, 0) is 18.2 Å². The summed E-state index contributed by atoms with van der Waals surface area (Å²) in [5, 5.41) is 3.40. The third-order valence-corrected chi connectivity index (χ3v) is 5.46. The number of rotatable bonds is 5. The summed E-state index contributed by atoms with van der Waals surface area (Å²) in [6.45, 7) is 2.58. The number of fused-ring (bicyclic) bond motifs is 1. The van der Waals surface area contributed by atoms with Crippen molar-refractivity contribution >= 4 is 17.5 Å². The maximum Gasteiger partial charge on any atom is 0.220 e. The van der Waals surface area contributed by atoms with Gasteiger partial charge in [0.25, 0.3) is 0 Å². The highest BCUT2D eigenvalue weighted by molar-refractivity contribution is 6.31. The van der Waals surface area contributed by atoms with Gasteiger partial charge in [-0.2, -0.15) is 0 Å². The third-order valence-electron chi connectivity index (χ3n) is 5.11. The van der Waals surface area contributed by atoms with E-state index in [1.165, 1.54) is 6.07 Å². The molecule has 2 aliphatic heterocycles. The van der Waals surface area contributed by atoms with Gasteiger partial charge in [-0.3, -0.25) is 9.69 Å². The molecule has 2 atom stereocenters. The van der Waals surface area contributed by atoms with Crippen LogP contribution >= 0.6 is 11.6 Å². The van der Waals surface area contributed by atoms with Crippen LogP contribution in [0.4, 0.5) is 4.39 Å². The van der Waals surface area contributed by atoms with Crippen LogP contribution in [0.25, 0.3) is 0 Å². The lowest BCUT2D eigenvalue weighted by Crippen LogP contribution is -2.32. The Labute approximate surface area is 156 Å². The molecule has 6 heteroatoms. The van der Waals surface area contributed by atoms with Gasteiger partial charge in [0.2, 0.25) is 5.91 Å². The number of carbonyl (C=O) groups excluding carboxylic acids is 1. The summed E-state index contributed by atoms with van der Waals surface area (Å²) in [6.07, 6.45) is 0.616. The van der Waals surface area contributed by atoms with Gasteiger partial charge in [-0.25, -0.2) is 4.39 Å². The standard InChI is InChI=1S/C20H20ClFN2O2/c21-16-5-3-6-17(22)15(16)12-26-19-7-2-1-4-13(19)9-24-10-14-8-20(25)23-18(14)11-24/h1-7,14,18H,8-12H2,(H,23,25)/t14-,18+/m0/s1. The van der Waals surface area contributed by atoms with E-state index in [1.807, 2.05) is 24.3 Å². The van der Waals surface area contributed by atoms with Crippen molar-refractivity contribution in [3.63, 3.8) is 0 Å². The van der Waals surface area contributed by atoms with E-state index < -0.39 is 0 Å². The van der Waals surface area contributed by atoms with Gasteiger partial charge in [-0.1, -0.05) is 35.9 Å². The average Bonchev–Trinajstić information content (AvgIpc) is 3.12. The molecule has 136 valence electrons. The molecule has 2 aromatic rings. The molecule has 4 nitrogen and oxygen atoms in total. The Balaban J connectivity index is 1.43. The molecule has 1 amide bonds. The van der Waals surface area contributed by atoms with Gasteiger partial charge in [0.1, 0.15) is 18.2 Å². The molecule has 26 heavy (non-hydrogen) atoms. The summed E-state index contributed by atoms with van der Waals surface area (Å²) >= 11 is 6.08. The molecular formula is C20H20ClFN2O2. The monoisotopic (exact) mass is 374 g/mol. The highest BCUT2D eigenvalue weighted by atomic mass is 35.5. The summed E-state index contributed by atoms with van der Waals surface area (Å²) in [5.74, 6) is 0.920. The fraction of sp³-hybridized carbons (Fsp3) is 0.350. The van der Waals surface area contributed by atoms with Gasteiger partial charge in [0, 0.05) is 49.1 Å². The molecule has 0 saturated carbocycles. The van der Waals surface area contributed by atoms with Crippen LogP contribution in [0.5, 0.6) is 5.75 Å². The first-order valence-corrected chi connectivity index (χ1v) is 9.13. The van der Waals surface area contributed by atoms with E-state index in [1.54, 1.807) is 12.1 Å². The number of para-hydroxylation sites is 1. The van der Waals surface area contributed by atoms with Crippen molar-refractivity contribution in [2.24, 2.45) is 5.92 Å². The average molecular weight is 375 g/mol. The van der Waals surface area contributed by atoms with E-state index in [0.717, 1.165) is 30.9 Å². The quantitative estimate of drug-likeness (QED) is 0.872. The molecule has 2 aromatic carbocycles. The molecule has 0 bridgehead atoms. The maximum absolute atomic E-state index is 13.9. The van der Waals surface area contributed by atoms with E-state index in [9.17, 15) is 9.18 Å². The zero-order chi connectivity index (χ0) is 18.1. The first-order valence-electron chi connectivity index (χ1n) is 8.75. The Morgan fingerprint density at radius 1 is 1.19 bits per heavy atom. The lowest BCUT2D eigenvalue weighted by atomic mass is 10.1. The van der Waals surface area contributed by atoms with Crippen LogP contribution in [-0.2, 0) is 17.9 Å². The van der Waals surface area contributed by atoms with Crippen LogP contribution in [0.3, 0.4) is 0 Å². The predicted molar refractivity (Wildman–Crippen MR) is 97.5 cm³/mol. The molecule has 2 heterocycles. The van der Waals surface area contributed by atoms with Crippen LogP contribution < -0.4 is 10.1 Å². The van der Waals surface area contributed by atoms with Crippen molar-refractivity contribution in [3.05, 3.63) is 64.4 Å². The lowest BCUT2D eigenvalue weighted by molar-refractivity contribution is -0.119. The van der Waals surface area contributed by atoms with Crippen LogP contribution in [0.15, 0.2) is 42.5 Å².